The number of hydrogen-bond acceptors (Lipinski definition) is 4. The highest BCUT2D eigenvalue weighted by molar-refractivity contribution is 5.77. The van der Waals surface area contributed by atoms with E-state index in [1.54, 1.807) is 20.1 Å². The summed E-state index contributed by atoms with van der Waals surface area (Å²) in [6, 6.07) is 15.0. The van der Waals surface area contributed by atoms with Crippen LogP contribution in [0.1, 0.15) is 18.1 Å². The molecule has 1 unspecified atom stereocenters. The maximum atomic E-state index is 11.9. The molecule has 2 rings (SSSR count). The minimum absolute atomic E-state index is 0.0813. The molecule has 25 heavy (non-hydrogen) atoms. The van der Waals surface area contributed by atoms with Gasteiger partial charge in [0.25, 0.3) is 5.91 Å². The number of nitrogens with one attached hydrogen (secondary N) is 1. The molecule has 0 spiro atoms. The molecule has 0 aliphatic heterocycles. The van der Waals surface area contributed by atoms with Gasteiger partial charge in [-0.25, -0.2) is 0 Å². The zero-order valence-electron chi connectivity index (χ0n) is 14.9. The molecule has 2 N–H and O–H groups in total. The molecule has 0 radical (unpaired) electrons. The van der Waals surface area contributed by atoms with Gasteiger partial charge in [-0.3, -0.25) is 4.79 Å². The summed E-state index contributed by atoms with van der Waals surface area (Å²) in [6.07, 6.45) is 0.427. The summed E-state index contributed by atoms with van der Waals surface area (Å²) in [6.45, 7) is 3.72. The smallest absolute Gasteiger partial charge is 0.258 e. The van der Waals surface area contributed by atoms with Crippen molar-refractivity contribution in [2.75, 3.05) is 20.3 Å². The molecule has 0 saturated carbocycles. The maximum absolute atomic E-state index is 11.9. The lowest BCUT2D eigenvalue weighted by Gasteiger charge is -2.24. The highest BCUT2D eigenvalue weighted by Crippen LogP contribution is 2.17. The van der Waals surface area contributed by atoms with Gasteiger partial charge in [-0.15, -0.1) is 0 Å². The Bertz CT molecular complexity index is 695. The Morgan fingerprint density at radius 1 is 1.16 bits per heavy atom. The topological polar surface area (TPSA) is 67.8 Å². The van der Waals surface area contributed by atoms with Crippen molar-refractivity contribution in [3.63, 3.8) is 0 Å². The average Bonchev–Trinajstić information content (AvgIpc) is 2.59. The molecule has 0 saturated heterocycles. The summed E-state index contributed by atoms with van der Waals surface area (Å²) in [5.74, 6) is 1.15. The molecule has 134 valence electrons. The summed E-state index contributed by atoms with van der Waals surface area (Å²) >= 11 is 0. The predicted octanol–water partition coefficient (Wildman–Crippen LogP) is 2.49. The first-order valence-electron chi connectivity index (χ1n) is 8.19. The monoisotopic (exact) mass is 343 g/mol. The van der Waals surface area contributed by atoms with Crippen molar-refractivity contribution in [3.8, 4) is 11.5 Å². The Morgan fingerprint density at radius 3 is 2.52 bits per heavy atom. The number of carbonyl (C=O) groups excluding carboxylic acids is 1. The summed E-state index contributed by atoms with van der Waals surface area (Å²) < 4.78 is 10.6. The molecule has 5 nitrogen and oxygen atoms in total. The van der Waals surface area contributed by atoms with E-state index in [4.69, 9.17) is 9.47 Å². The third-order valence-corrected chi connectivity index (χ3v) is 3.77. The Kier molecular flexibility index (Phi) is 6.42. The van der Waals surface area contributed by atoms with E-state index in [0.717, 1.165) is 16.9 Å². The number of rotatable bonds is 8. The van der Waals surface area contributed by atoms with Crippen LogP contribution >= 0.6 is 0 Å². The second-order valence-electron chi connectivity index (χ2n) is 6.40. The summed E-state index contributed by atoms with van der Waals surface area (Å²) in [5.41, 5.74) is 0.990. The van der Waals surface area contributed by atoms with Gasteiger partial charge in [0.2, 0.25) is 0 Å². The zero-order chi connectivity index (χ0) is 18.3. The van der Waals surface area contributed by atoms with E-state index in [0.29, 0.717) is 12.2 Å². The van der Waals surface area contributed by atoms with Crippen LogP contribution in [0.25, 0.3) is 0 Å². The van der Waals surface area contributed by atoms with Gasteiger partial charge in [0, 0.05) is 13.0 Å². The fraction of sp³-hybridized carbons (Fsp3) is 0.350. The molecular formula is C20H25NO4. The van der Waals surface area contributed by atoms with Gasteiger partial charge in [0.05, 0.1) is 12.7 Å². The van der Waals surface area contributed by atoms with Crippen LogP contribution in [0.4, 0.5) is 0 Å². The molecule has 2 aromatic rings. The molecule has 1 amide bonds. The summed E-state index contributed by atoms with van der Waals surface area (Å²) in [7, 11) is 1.61. The van der Waals surface area contributed by atoms with Crippen LogP contribution in [-0.2, 0) is 11.2 Å². The van der Waals surface area contributed by atoms with Gasteiger partial charge in [0.15, 0.2) is 6.61 Å². The number of ether oxygens (including phenoxy) is 2. The fourth-order valence-electron chi connectivity index (χ4n) is 2.44. The molecule has 1 atom stereocenters. The van der Waals surface area contributed by atoms with Crippen molar-refractivity contribution < 1.29 is 19.4 Å². The van der Waals surface area contributed by atoms with Gasteiger partial charge < -0.3 is 19.9 Å². The minimum atomic E-state index is -1.05. The van der Waals surface area contributed by atoms with Gasteiger partial charge in [-0.1, -0.05) is 24.3 Å². The highest BCUT2D eigenvalue weighted by Gasteiger charge is 2.22. The molecule has 5 heteroatoms. The van der Waals surface area contributed by atoms with E-state index in [9.17, 15) is 9.90 Å². The van der Waals surface area contributed by atoms with E-state index >= 15 is 0 Å². The quantitative estimate of drug-likeness (QED) is 0.773. The standard InChI is InChI=1S/C20H25NO4/c1-15-5-4-6-18(11-15)25-13-19(22)21-14-20(2,23)12-16-7-9-17(24-3)10-8-16/h4-11,23H,12-14H2,1-3H3,(H,21,22). The van der Waals surface area contributed by atoms with Gasteiger partial charge in [-0.05, 0) is 49.2 Å². The van der Waals surface area contributed by atoms with Crippen LogP contribution in [0.3, 0.4) is 0 Å². The second kappa shape index (κ2) is 8.53. The number of hydrogen-bond donors (Lipinski definition) is 2. The van der Waals surface area contributed by atoms with E-state index in [2.05, 4.69) is 5.32 Å². The fourth-order valence-corrected chi connectivity index (χ4v) is 2.44. The number of amides is 1. The maximum Gasteiger partial charge on any atom is 0.258 e. The Balaban J connectivity index is 1.78. The van der Waals surface area contributed by atoms with Crippen LogP contribution in [0, 0.1) is 6.92 Å². The Labute approximate surface area is 148 Å². The largest absolute Gasteiger partial charge is 0.497 e. The van der Waals surface area contributed by atoms with Crippen molar-refractivity contribution in [1.29, 1.82) is 0 Å². The van der Waals surface area contributed by atoms with Crippen LogP contribution in [0.5, 0.6) is 11.5 Å². The summed E-state index contributed by atoms with van der Waals surface area (Å²) in [4.78, 5) is 11.9. The van der Waals surface area contributed by atoms with Gasteiger partial charge >= 0.3 is 0 Å². The Hall–Kier alpha value is -2.53. The molecule has 0 fully saturated rings. The van der Waals surface area contributed by atoms with Crippen molar-refractivity contribution in [1.82, 2.24) is 5.32 Å². The SMILES string of the molecule is COc1ccc(CC(C)(O)CNC(=O)COc2cccc(C)c2)cc1. The highest BCUT2D eigenvalue weighted by atomic mass is 16.5. The lowest BCUT2D eigenvalue weighted by molar-refractivity contribution is -0.124. The molecule has 0 aliphatic carbocycles. The normalized spacial score (nSPS) is 13.0. The molecule has 2 aromatic carbocycles. The summed E-state index contributed by atoms with van der Waals surface area (Å²) in [5, 5.41) is 13.2. The van der Waals surface area contributed by atoms with Crippen LogP contribution in [0.15, 0.2) is 48.5 Å². The zero-order valence-corrected chi connectivity index (χ0v) is 14.9. The van der Waals surface area contributed by atoms with Crippen molar-refractivity contribution in [3.05, 3.63) is 59.7 Å². The third-order valence-electron chi connectivity index (χ3n) is 3.77. The van der Waals surface area contributed by atoms with Gasteiger partial charge in [-0.2, -0.15) is 0 Å². The molecule has 0 heterocycles. The van der Waals surface area contributed by atoms with Crippen molar-refractivity contribution >= 4 is 5.91 Å². The van der Waals surface area contributed by atoms with E-state index < -0.39 is 5.60 Å². The van der Waals surface area contributed by atoms with Crippen LogP contribution < -0.4 is 14.8 Å². The molecule has 0 aliphatic rings. The third kappa shape index (κ3) is 6.47. The predicted molar refractivity (Wildman–Crippen MR) is 97.0 cm³/mol. The number of aliphatic hydroxyl groups is 1. The second-order valence-corrected chi connectivity index (χ2v) is 6.40. The number of methoxy groups -OCH3 is 1. The van der Waals surface area contributed by atoms with E-state index in [1.807, 2.05) is 49.4 Å². The first-order chi connectivity index (χ1) is 11.9. The average molecular weight is 343 g/mol. The van der Waals surface area contributed by atoms with Gasteiger partial charge in [0.1, 0.15) is 11.5 Å². The lowest BCUT2D eigenvalue weighted by atomic mass is 9.96. The van der Waals surface area contributed by atoms with Crippen molar-refractivity contribution in [2.24, 2.45) is 0 Å². The molecular weight excluding hydrogens is 318 g/mol. The van der Waals surface area contributed by atoms with Crippen molar-refractivity contribution in [2.45, 2.75) is 25.9 Å². The first-order valence-corrected chi connectivity index (χ1v) is 8.19. The van der Waals surface area contributed by atoms with E-state index in [-0.39, 0.29) is 19.1 Å². The number of aryl methyl sites for hydroxylation is 1. The minimum Gasteiger partial charge on any atom is -0.497 e. The molecule has 0 aromatic heterocycles. The number of carbonyl (C=O) groups is 1. The van der Waals surface area contributed by atoms with E-state index in [1.165, 1.54) is 0 Å². The first kappa shape index (κ1) is 18.8. The lowest BCUT2D eigenvalue weighted by Crippen LogP contribution is -2.43. The Morgan fingerprint density at radius 2 is 1.88 bits per heavy atom. The van der Waals surface area contributed by atoms with Crippen LogP contribution in [-0.4, -0.2) is 36.9 Å². The number of benzene rings is 2. The molecule has 0 bridgehead atoms. The van der Waals surface area contributed by atoms with Crippen LogP contribution in [0.2, 0.25) is 0 Å².